The Hall–Kier alpha value is -2.75. The number of phenolic OH excluding ortho intramolecular Hbond substituents is 1. The van der Waals surface area contributed by atoms with Crippen molar-refractivity contribution in [3.63, 3.8) is 0 Å². The summed E-state index contributed by atoms with van der Waals surface area (Å²) < 4.78 is 1.96. The lowest BCUT2D eigenvalue weighted by atomic mass is 10.2. The van der Waals surface area contributed by atoms with Gasteiger partial charge in [0, 0.05) is 23.7 Å². The Morgan fingerprint density at radius 1 is 1.00 bits per heavy atom. The van der Waals surface area contributed by atoms with Gasteiger partial charge < -0.3 is 5.11 Å². The first kappa shape index (κ1) is 14.2. The van der Waals surface area contributed by atoms with Gasteiger partial charge in [0.1, 0.15) is 30.2 Å². The predicted octanol–water partition coefficient (Wildman–Crippen LogP) is 2.79. The van der Waals surface area contributed by atoms with Crippen LogP contribution in [0.15, 0.2) is 54.7 Å². The van der Waals surface area contributed by atoms with Crippen molar-refractivity contribution < 1.29 is 9.68 Å². The highest BCUT2D eigenvalue weighted by Crippen LogP contribution is 2.22. The third kappa shape index (κ3) is 3.28. The molecule has 0 aliphatic rings. The van der Waals surface area contributed by atoms with Crippen LogP contribution in [0.4, 0.5) is 0 Å². The summed E-state index contributed by atoms with van der Waals surface area (Å²) in [6, 6.07) is 15.3. The van der Waals surface area contributed by atoms with E-state index in [-0.39, 0.29) is 5.75 Å². The van der Waals surface area contributed by atoms with Crippen molar-refractivity contribution in [3.05, 3.63) is 66.1 Å². The zero-order chi connectivity index (χ0) is 15.4. The maximum atomic E-state index is 9.88. The molecular weight excluding hydrogens is 274 g/mol. The molecule has 0 spiro atoms. The Morgan fingerprint density at radius 3 is 2.73 bits per heavy atom. The molecule has 0 atom stereocenters. The summed E-state index contributed by atoms with van der Waals surface area (Å²) in [6.45, 7) is 5.49. The van der Waals surface area contributed by atoms with Gasteiger partial charge >= 0.3 is 0 Å². The van der Waals surface area contributed by atoms with Crippen LogP contribution < -0.4 is 0 Å². The number of pyridine rings is 2. The summed E-state index contributed by atoms with van der Waals surface area (Å²) in [6.07, 6.45) is 2.65. The summed E-state index contributed by atoms with van der Waals surface area (Å²) in [5.41, 5.74) is 2.59. The quantitative estimate of drug-likeness (QED) is 0.581. The van der Waals surface area contributed by atoms with Crippen molar-refractivity contribution in [3.8, 4) is 5.75 Å². The summed E-state index contributed by atoms with van der Waals surface area (Å²) in [5.74, 6) is 0.212. The van der Waals surface area contributed by atoms with Gasteiger partial charge in [0.15, 0.2) is 6.54 Å². The van der Waals surface area contributed by atoms with Crippen LogP contribution in [0.1, 0.15) is 11.4 Å². The molecule has 0 bridgehead atoms. The third-order valence-corrected chi connectivity index (χ3v) is 3.55. The highest BCUT2D eigenvalue weighted by atomic mass is 16.3. The fourth-order valence-corrected chi connectivity index (χ4v) is 2.39. The lowest BCUT2D eigenvalue weighted by Crippen LogP contribution is -2.14. The second kappa shape index (κ2) is 6.35. The van der Waals surface area contributed by atoms with Crippen molar-refractivity contribution in [1.29, 1.82) is 0 Å². The van der Waals surface area contributed by atoms with E-state index in [0.29, 0.717) is 12.1 Å². The molecule has 0 saturated carbocycles. The van der Waals surface area contributed by atoms with E-state index >= 15 is 0 Å². The molecule has 3 aromatic rings. The van der Waals surface area contributed by atoms with Crippen molar-refractivity contribution in [2.24, 2.45) is 0 Å². The van der Waals surface area contributed by atoms with Crippen LogP contribution in [0, 0.1) is 0 Å². The zero-order valence-electron chi connectivity index (χ0n) is 12.3. The van der Waals surface area contributed by atoms with E-state index in [2.05, 4.69) is 16.7 Å². The lowest BCUT2D eigenvalue weighted by molar-refractivity contribution is -0.535. The molecule has 0 fully saturated rings. The standard InChI is InChI=1S/C18H17N3O/c1-21(12-10-15-6-2-3-11-19-15)13-16-9-8-14-5-4-7-17(22)18(14)20-16/h2-9,11H,1,10,12-13H2/p+1. The summed E-state index contributed by atoms with van der Waals surface area (Å²) in [7, 11) is 0. The Balaban J connectivity index is 1.67. The minimum absolute atomic E-state index is 0.212. The molecule has 0 saturated heterocycles. The van der Waals surface area contributed by atoms with E-state index in [1.807, 2.05) is 47.0 Å². The van der Waals surface area contributed by atoms with Gasteiger partial charge in [0.05, 0.1) is 0 Å². The van der Waals surface area contributed by atoms with E-state index in [1.165, 1.54) is 0 Å². The molecule has 110 valence electrons. The molecule has 3 rings (SSSR count). The van der Waals surface area contributed by atoms with Gasteiger partial charge in [0.25, 0.3) is 0 Å². The molecule has 2 heterocycles. The number of rotatable bonds is 5. The first-order valence-corrected chi connectivity index (χ1v) is 7.25. The first-order valence-electron chi connectivity index (χ1n) is 7.25. The van der Waals surface area contributed by atoms with E-state index < -0.39 is 0 Å². The van der Waals surface area contributed by atoms with Gasteiger partial charge in [-0.1, -0.05) is 24.3 Å². The lowest BCUT2D eigenvalue weighted by Gasteiger charge is -2.04. The van der Waals surface area contributed by atoms with Gasteiger partial charge in [-0.05, 0) is 24.3 Å². The van der Waals surface area contributed by atoms with Crippen molar-refractivity contribution >= 4 is 17.6 Å². The van der Waals surface area contributed by atoms with Crippen LogP contribution in [0.3, 0.4) is 0 Å². The molecule has 4 heteroatoms. The highest BCUT2D eigenvalue weighted by molar-refractivity contribution is 5.84. The number of phenols is 1. The van der Waals surface area contributed by atoms with Crippen LogP contribution >= 0.6 is 0 Å². The predicted molar refractivity (Wildman–Crippen MR) is 87.3 cm³/mol. The molecule has 0 unspecified atom stereocenters. The molecule has 1 N–H and O–H groups in total. The maximum Gasteiger partial charge on any atom is 0.184 e. The van der Waals surface area contributed by atoms with E-state index in [0.717, 1.165) is 29.7 Å². The number of fused-ring (bicyclic) bond motifs is 1. The van der Waals surface area contributed by atoms with Crippen LogP contribution in [0.2, 0.25) is 0 Å². The van der Waals surface area contributed by atoms with Gasteiger partial charge in [-0.2, -0.15) is 0 Å². The van der Waals surface area contributed by atoms with Crippen molar-refractivity contribution in [1.82, 2.24) is 9.97 Å². The smallest absolute Gasteiger partial charge is 0.184 e. The Labute approximate surface area is 129 Å². The van der Waals surface area contributed by atoms with Crippen LogP contribution in [0.5, 0.6) is 5.75 Å². The first-order chi connectivity index (χ1) is 10.7. The maximum absolute atomic E-state index is 9.88. The van der Waals surface area contributed by atoms with Gasteiger partial charge in [0.2, 0.25) is 0 Å². The normalized spacial score (nSPS) is 10.7. The molecule has 0 aliphatic heterocycles. The SMILES string of the molecule is C=[N+](CCc1ccccn1)Cc1ccc2cccc(O)c2n1. The van der Waals surface area contributed by atoms with Crippen molar-refractivity contribution in [2.75, 3.05) is 6.54 Å². The van der Waals surface area contributed by atoms with Crippen molar-refractivity contribution in [2.45, 2.75) is 13.0 Å². The summed E-state index contributed by atoms with van der Waals surface area (Å²) in [5, 5.41) is 10.8. The summed E-state index contributed by atoms with van der Waals surface area (Å²) >= 11 is 0. The monoisotopic (exact) mass is 292 g/mol. The minimum Gasteiger partial charge on any atom is -0.506 e. The fourth-order valence-electron chi connectivity index (χ4n) is 2.39. The Bertz CT molecular complexity index is 800. The number of hydrogen-bond acceptors (Lipinski definition) is 3. The summed E-state index contributed by atoms with van der Waals surface area (Å²) in [4.78, 5) is 8.83. The number of para-hydroxylation sites is 1. The third-order valence-electron chi connectivity index (χ3n) is 3.55. The highest BCUT2D eigenvalue weighted by Gasteiger charge is 2.08. The number of aromatic hydroxyl groups is 1. The Kier molecular flexibility index (Phi) is 4.10. The van der Waals surface area contributed by atoms with Crippen LogP contribution in [-0.2, 0) is 13.0 Å². The largest absolute Gasteiger partial charge is 0.506 e. The molecular formula is C18H18N3O+. The molecule has 4 nitrogen and oxygen atoms in total. The van der Waals surface area contributed by atoms with E-state index in [4.69, 9.17) is 0 Å². The second-order valence-corrected chi connectivity index (χ2v) is 5.28. The van der Waals surface area contributed by atoms with Gasteiger partial charge in [-0.3, -0.25) is 4.98 Å². The van der Waals surface area contributed by atoms with Gasteiger partial charge in [-0.15, -0.1) is 0 Å². The number of aromatic nitrogens is 2. The molecule has 0 aliphatic carbocycles. The molecule has 2 aromatic heterocycles. The average Bonchev–Trinajstić information content (AvgIpc) is 2.55. The number of benzene rings is 1. The molecule has 0 amide bonds. The van der Waals surface area contributed by atoms with E-state index in [9.17, 15) is 5.11 Å². The molecule has 0 radical (unpaired) electrons. The topological polar surface area (TPSA) is 49.0 Å². The fraction of sp³-hybridized carbons (Fsp3) is 0.167. The van der Waals surface area contributed by atoms with Crippen LogP contribution in [-0.4, -0.2) is 32.9 Å². The van der Waals surface area contributed by atoms with Crippen LogP contribution in [0.25, 0.3) is 10.9 Å². The van der Waals surface area contributed by atoms with Gasteiger partial charge in [-0.25, -0.2) is 9.56 Å². The van der Waals surface area contributed by atoms with E-state index in [1.54, 1.807) is 12.3 Å². The Morgan fingerprint density at radius 2 is 1.91 bits per heavy atom. The zero-order valence-corrected chi connectivity index (χ0v) is 12.3. The minimum atomic E-state index is 0.212. The second-order valence-electron chi connectivity index (χ2n) is 5.28. The number of nitrogens with zero attached hydrogens (tertiary/aromatic N) is 3. The number of hydrogen-bond donors (Lipinski definition) is 1. The average molecular weight is 292 g/mol. The molecule has 22 heavy (non-hydrogen) atoms. The molecule has 1 aromatic carbocycles.